The lowest BCUT2D eigenvalue weighted by atomic mass is 9.99. The molecule has 1 heterocycles. The molecule has 1 fully saturated rings. The minimum Gasteiger partial charge on any atom is -0.397 e. The standard InChI is InChI=1S/C16H16Cl2N2/c17-13-8-15(19)16(9-14(13)18)20-7-6-12(10-20)11-4-2-1-3-5-11/h1-5,8-9,12H,6-7,10,19H2. The van der Waals surface area contributed by atoms with E-state index in [9.17, 15) is 0 Å². The van der Waals surface area contributed by atoms with Gasteiger partial charge in [-0.1, -0.05) is 53.5 Å². The van der Waals surface area contributed by atoms with Gasteiger partial charge in [-0.2, -0.15) is 0 Å². The van der Waals surface area contributed by atoms with Crippen LogP contribution in [0.25, 0.3) is 0 Å². The molecule has 4 heteroatoms. The first kappa shape index (κ1) is 13.6. The van der Waals surface area contributed by atoms with Crippen LogP contribution in [0, 0.1) is 0 Å². The van der Waals surface area contributed by atoms with Crippen LogP contribution in [0.2, 0.25) is 10.0 Å². The van der Waals surface area contributed by atoms with Crippen LogP contribution in [0.1, 0.15) is 17.9 Å². The summed E-state index contributed by atoms with van der Waals surface area (Å²) in [4.78, 5) is 2.29. The van der Waals surface area contributed by atoms with Crippen molar-refractivity contribution in [3.63, 3.8) is 0 Å². The van der Waals surface area contributed by atoms with Crippen LogP contribution in [0.3, 0.4) is 0 Å². The lowest BCUT2D eigenvalue weighted by Gasteiger charge is -2.21. The maximum absolute atomic E-state index is 6.10. The first-order valence-electron chi connectivity index (χ1n) is 6.69. The predicted octanol–water partition coefficient (Wildman–Crippen LogP) is 4.57. The number of nitrogens with zero attached hydrogens (tertiary/aromatic N) is 1. The van der Waals surface area contributed by atoms with Crippen LogP contribution >= 0.6 is 23.2 Å². The van der Waals surface area contributed by atoms with Crippen LogP contribution in [0.5, 0.6) is 0 Å². The van der Waals surface area contributed by atoms with Crippen molar-refractivity contribution in [2.45, 2.75) is 12.3 Å². The van der Waals surface area contributed by atoms with Gasteiger partial charge in [0.2, 0.25) is 0 Å². The highest BCUT2D eigenvalue weighted by Crippen LogP contribution is 2.37. The molecule has 0 radical (unpaired) electrons. The molecule has 0 saturated carbocycles. The number of hydrogen-bond acceptors (Lipinski definition) is 2. The van der Waals surface area contributed by atoms with Crippen molar-refractivity contribution >= 4 is 34.6 Å². The molecule has 3 rings (SSSR count). The molecule has 1 aliphatic heterocycles. The minimum absolute atomic E-state index is 0.506. The van der Waals surface area contributed by atoms with Gasteiger partial charge in [0.15, 0.2) is 0 Å². The molecule has 0 aromatic heterocycles. The highest BCUT2D eigenvalue weighted by Gasteiger charge is 2.25. The van der Waals surface area contributed by atoms with Gasteiger partial charge in [-0.3, -0.25) is 0 Å². The number of nitrogens with two attached hydrogens (primary N) is 1. The normalized spacial score (nSPS) is 18.5. The van der Waals surface area contributed by atoms with Crippen LogP contribution < -0.4 is 10.6 Å². The summed E-state index contributed by atoms with van der Waals surface area (Å²) in [5.41, 5.74) is 9.12. The third-order valence-corrected chi connectivity index (χ3v) is 4.59. The van der Waals surface area contributed by atoms with Gasteiger partial charge < -0.3 is 10.6 Å². The van der Waals surface area contributed by atoms with Crippen LogP contribution in [-0.2, 0) is 0 Å². The Morgan fingerprint density at radius 2 is 1.75 bits per heavy atom. The second kappa shape index (κ2) is 5.55. The van der Waals surface area contributed by atoms with Crippen molar-refractivity contribution in [1.29, 1.82) is 0 Å². The summed E-state index contributed by atoms with van der Waals surface area (Å²) in [5.74, 6) is 0.546. The Hall–Kier alpha value is -1.38. The van der Waals surface area contributed by atoms with E-state index in [1.54, 1.807) is 6.07 Å². The summed E-state index contributed by atoms with van der Waals surface area (Å²) in [6.07, 6.45) is 1.13. The average Bonchev–Trinajstić information content (AvgIpc) is 2.93. The Bertz CT molecular complexity index is 613. The van der Waals surface area contributed by atoms with Gasteiger partial charge >= 0.3 is 0 Å². The minimum atomic E-state index is 0.506. The summed E-state index contributed by atoms with van der Waals surface area (Å²) < 4.78 is 0. The molecule has 2 aromatic carbocycles. The summed E-state index contributed by atoms with van der Waals surface area (Å²) in [7, 11) is 0. The predicted molar refractivity (Wildman–Crippen MR) is 86.9 cm³/mol. The fraction of sp³-hybridized carbons (Fsp3) is 0.250. The second-order valence-electron chi connectivity index (χ2n) is 5.17. The van der Waals surface area contributed by atoms with Gasteiger partial charge in [0, 0.05) is 19.0 Å². The number of rotatable bonds is 2. The molecule has 2 aromatic rings. The van der Waals surface area contributed by atoms with E-state index in [-0.39, 0.29) is 0 Å². The van der Waals surface area contributed by atoms with Crippen molar-refractivity contribution in [3.8, 4) is 0 Å². The van der Waals surface area contributed by atoms with Crippen molar-refractivity contribution in [2.24, 2.45) is 0 Å². The molecule has 2 nitrogen and oxygen atoms in total. The summed E-state index contributed by atoms with van der Waals surface area (Å²) in [6, 6.07) is 14.2. The van der Waals surface area contributed by atoms with E-state index in [0.29, 0.717) is 21.7 Å². The lowest BCUT2D eigenvalue weighted by Crippen LogP contribution is -2.20. The molecule has 1 aliphatic rings. The van der Waals surface area contributed by atoms with Crippen molar-refractivity contribution in [2.75, 3.05) is 23.7 Å². The maximum atomic E-state index is 6.10. The Balaban J connectivity index is 1.82. The number of halogens is 2. The van der Waals surface area contributed by atoms with Crippen LogP contribution in [0.4, 0.5) is 11.4 Å². The van der Waals surface area contributed by atoms with E-state index < -0.39 is 0 Å². The molecule has 1 atom stereocenters. The van der Waals surface area contributed by atoms with E-state index in [1.807, 2.05) is 12.1 Å². The third kappa shape index (κ3) is 2.58. The van der Waals surface area contributed by atoms with Crippen molar-refractivity contribution in [3.05, 3.63) is 58.1 Å². The molecule has 0 aliphatic carbocycles. The number of nitrogen functional groups attached to an aromatic ring is 1. The average molecular weight is 307 g/mol. The Morgan fingerprint density at radius 1 is 1.05 bits per heavy atom. The van der Waals surface area contributed by atoms with Gasteiger partial charge in [0.05, 0.1) is 21.4 Å². The Kier molecular flexibility index (Phi) is 3.77. The molecule has 1 saturated heterocycles. The summed E-state index contributed by atoms with van der Waals surface area (Å²) >= 11 is 12.1. The Labute approximate surface area is 129 Å². The molecule has 0 bridgehead atoms. The number of hydrogen-bond donors (Lipinski definition) is 1. The molecular formula is C16H16Cl2N2. The number of anilines is 2. The SMILES string of the molecule is Nc1cc(Cl)c(Cl)cc1N1CCC(c2ccccc2)C1. The van der Waals surface area contributed by atoms with Crippen molar-refractivity contribution in [1.82, 2.24) is 0 Å². The van der Waals surface area contributed by atoms with E-state index in [1.165, 1.54) is 5.56 Å². The van der Waals surface area contributed by atoms with Crippen molar-refractivity contribution < 1.29 is 0 Å². The molecule has 20 heavy (non-hydrogen) atoms. The van der Waals surface area contributed by atoms with Gasteiger partial charge in [0.25, 0.3) is 0 Å². The zero-order chi connectivity index (χ0) is 14.1. The van der Waals surface area contributed by atoms with Gasteiger partial charge in [-0.25, -0.2) is 0 Å². The molecular weight excluding hydrogens is 291 g/mol. The number of benzene rings is 2. The smallest absolute Gasteiger partial charge is 0.0616 e. The molecule has 2 N–H and O–H groups in total. The van der Waals surface area contributed by atoms with Gasteiger partial charge in [-0.15, -0.1) is 0 Å². The molecule has 0 spiro atoms. The lowest BCUT2D eigenvalue weighted by molar-refractivity contribution is 0.775. The van der Waals surface area contributed by atoms with Gasteiger partial charge in [-0.05, 0) is 24.1 Å². The van der Waals surface area contributed by atoms with Crippen LogP contribution in [-0.4, -0.2) is 13.1 Å². The fourth-order valence-electron chi connectivity index (χ4n) is 2.80. The maximum Gasteiger partial charge on any atom is 0.0616 e. The fourth-order valence-corrected chi connectivity index (χ4v) is 3.13. The zero-order valence-electron chi connectivity index (χ0n) is 11.0. The van der Waals surface area contributed by atoms with E-state index >= 15 is 0 Å². The highest BCUT2D eigenvalue weighted by atomic mass is 35.5. The second-order valence-corrected chi connectivity index (χ2v) is 5.98. The third-order valence-electron chi connectivity index (χ3n) is 3.87. The quantitative estimate of drug-likeness (QED) is 0.824. The first-order valence-corrected chi connectivity index (χ1v) is 7.45. The first-order chi connectivity index (χ1) is 9.65. The molecule has 0 amide bonds. The monoisotopic (exact) mass is 306 g/mol. The molecule has 1 unspecified atom stereocenters. The van der Waals surface area contributed by atoms with Gasteiger partial charge in [0.1, 0.15) is 0 Å². The van der Waals surface area contributed by atoms with E-state index in [4.69, 9.17) is 28.9 Å². The topological polar surface area (TPSA) is 29.3 Å². The summed E-state index contributed by atoms with van der Waals surface area (Å²) in [6.45, 7) is 1.95. The Morgan fingerprint density at radius 3 is 2.50 bits per heavy atom. The van der Waals surface area contributed by atoms with E-state index in [2.05, 4.69) is 29.2 Å². The molecule has 104 valence electrons. The zero-order valence-corrected chi connectivity index (χ0v) is 12.5. The summed E-state index contributed by atoms with van der Waals surface area (Å²) in [5, 5.41) is 1.06. The highest BCUT2D eigenvalue weighted by molar-refractivity contribution is 6.42. The van der Waals surface area contributed by atoms with Crippen LogP contribution in [0.15, 0.2) is 42.5 Å². The van der Waals surface area contributed by atoms with E-state index in [0.717, 1.165) is 25.2 Å². The largest absolute Gasteiger partial charge is 0.397 e.